The molecule has 2 aromatic carbocycles. The summed E-state index contributed by atoms with van der Waals surface area (Å²) in [5.41, 5.74) is 1.21. The SMILES string of the molecule is C=C.CCOC(C)OCC.COC(=O)c1ccc(OCCCC(=O)c2ccccc2)cc1. The largest absolute Gasteiger partial charge is 0.494 e. The van der Waals surface area contributed by atoms with E-state index in [4.69, 9.17) is 14.2 Å². The van der Waals surface area contributed by atoms with Crippen molar-refractivity contribution in [3.05, 3.63) is 78.9 Å². The molecule has 6 heteroatoms. The fourth-order valence-electron chi connectivity index (χ4n) is 2.51. The van der Waals surface area contributed by atoms with Crippen LogP contribution in [0.3, 0.4) is 0 Å². The van der Waals surface area contributed by atoms with Crippen LogP contribution in [0.5, 0.6) is 5.75 Å². The molecule has 0 aromatic heterocycles. The zero-order valence-electron chi connectivity index (χ0n) is 19.7. The van der Waals surface area contributed by atoms with Crippen LogP contribution in [0.2, 0.25) is 0 Å². The number of hydrogen-bond acceptors (Lipinski definition) is 6. The Morgan fingerprint density at radius 3 is 1.94 bits per heavy atom. The van der Waals surface area contributed by atoms with Crippen molar-refractivity contribution >= 4 is 11.8 Å². The first-order valence-electron chi connectivity index (χ1n) is 10.6. The third-order valence-corrected chi connectivity index (χ3v) is 3.99. The van der Waals surface area contributed by atoms with Crippen molar-refractivity contribution in [2.45, 2.75) is 39.9 Å². The van der Waals surface area contributed by atoms with Gasteiger partial charge in [0.05, 0.1) is 19.3 Å². The fraction of sp³-hybridized carbons (Fsp3) is 0.385. The van der Waals surface area contributed by atoms with E-state index in [0.29, 0.717) is 30.8 Å². The van der Waals surface area contributed by atoms with E-state index < -0.39 is 0 Å². The maximum atomic E-state index is 11.9. The van der Waals surface area contributed by atoms with Crippen molar-refractivity contribution in [2.24, 2.45) is 0 Å². The van der Waals surface area contributed by atoms with E-state index in [1.54, 1.807) is 24.3 Å². The third-order valence-electron chi connectivity index (χ3n) is 3.99. The monoisotopic (exact) mass is 444 g/mol. The lowest BCUT2D eigenvalue weighted by atomic mass is 10.1. The number of Topliss-reactive ketones (excluding diaryl/α,β-unsaturated/α-hetero) is 1. The zero-order valence-corrected chi connectivity index (χ0v) is 19.7. The van der Waals surface area contributed by atoms with Crippen molar-refractivity contribution < 1.29 is 28.5 Å². The molecule has 0 unspecified atom stereocenters. The number of methoxy groups -OCH3 is 1. The van der Waals surface area contributed by atoms with Crippen LogP contribution in [-0.2, 0) is 14.2 Å². The summed E-state index contributed by atoms with van der Waals surface area (Å²) in [5, 5.41) is 0. The lowest BCUT2D eigenvalue weighted by Gasteiger charge is -2.09. The minimum absolute atomic E-state index is 0.0370. The summed E-state index contributed by atoms with van der Waals surface area (Å²) < 4.78 is 20.3. The number of ketones is 1. The molecular formula is C26H36O6. The summed E-state index contributed by atoms with van der Waals surface area (Å²) >= 11 is 0. The maximum absolute atomic E-state index is 11.9. The van der Waals surface area contributed by atoms with Crippen LogP contribution in [0.4, 0.5) is 0 Å². The average molecular weight is 445 g/mol. The van der Waals surface area contributed by atoms with Crippen LogP contribution in [0.25, 0.3) is 0 Å². The van der Waals surface area contributed by atoms with Gasteiger partial charge in [-0.05, 0) is 51.5 Å². The van der Waals surface area contributed by atoms with Crippen LogP contribution < -0.4 is 4.74 Å². The lowest BCUT2D eigenvalue weighted by Crippen LogP contribution is -2.11. The zero-order chi connectivity index (χ0) is 24.2. The molecule has 0 amide bonds. The number of esters is 1. The summed E-state index contributed by atoms with van der Waals surface area (Å²) in [6.45, 7) is 13.7. The average Bonchev–Trinajstić information content (AvgIpc) is 2.84. The van der Waals surface area contributed by atoms with Gasteiger partial charge in [0.25, 0.3) is 0 Å². The van der Waals surface area contributed by atoms with Gasteiger partial charge in [0.15, 0.2) is 12.1 Å². The molecule has 0 heterocycles. The third kappa shape index (κ3) is 12.7. The fourth-order valence-corrected chi connectivity index (χ4v) is 2.51. The van der Waals surface area contributed by atoms with Gasteiger partial charge in [-0.25, -0.2) is 4.79 Å². The number of benzene rings is 2. The van der Waals surface area contributed by atoms with E-state index in [0.717, 1.165) is 18.8 Å². The molecule has 2 rings (SSSR count). The van der Waals surface area contributed by atoms with Gasteiger partial charge < -0.3 is 18.9 Å². The second-order valence-electron chi connectivity index (χ2n) is 6.24. The Kier molecular flexibility index (Phi) is 17.0. The molecule has 2 aromatic rings. The van der Waals surface area contributed by atoms with Gasteiger partial charge in [-0.3, -0.25) is 4.79 Å². The van der Waals surface area contributed by atoms with Gasteiger partial charge in [0.2, 0.25) is 0 Å². The highest BCUT2D eigenvalue weighted by atomic mass is 16.7. The summed E-state index contributed by atoms with van der Waals surface area (Å²) in [4.78, 5) is 23.2. The van der Waals surface area contributed by atoms with E-state index in [-0.39, 0.29) is 18.0 Å². The highest BCUT2D eigenvalue weighted by molar-refractivity contribution is 5.95. The number of rotatable bonds is 11. The molecule has 0 atom stereocenters. The Balaban J connectivity index is 0.000000814. The Labute approximate surface area is 192 Å². The molecule has 0 bridgehead atoms. The molecule has 0 saturated carbocycles. The number of carbonyl (C=O) groups is 2. The first-order chi connectivity index (χ1) is 15.5. The highest BCUT2D eigenvalue weighted by Crippen LogP contribution is 2.14. The van der Waals surface area contributed by atoms with Crippen LogP contribution in [0, 0.1) is 0 Å². The molecule has 0 aliphatic rings. The Bertz CT molecular complexity index is 737. The topological polar surface area (TPSA) is 71.1 Å². The van der Waals surface area contributed by atoms with E-state index in [9.17, 15) is 9.59 Å². The summed E-state index contributed by atoms with van der Waals surface area (Å²) in [5.74, 6) is 0.407. The van der Waals surface area contributed by atoms with Crippen LogP contribution in [0.15, 0.2) is 67.8 Å². The predicted molar refractivity (Wildman–Crippen MR) is 127 cm³/mol. The molecule has 0 radical (unpaired) electrons. The van der Waals surface area contributed by atoms with Gasteiger partial charge in [-0.2, -0.15) is 0 Å². The first-order valence-corrected chi connectivity index (χ1v) is 10.6. The predicted octanol–water partition coefficient (Wildman–Crippen LogP) is 5.72. The van der Waals surface area contributed by atoms with Gasteiger partial charge in [-0.1, -0.05) is 30.3 Å². The lowest BCUT2D eigenvalue weighted by molar-refractivity contribution is -0.123. The van der Waals surface area contributed by atoms with Crippen LogP contribution in [0.1, 0.15) is 54.3 Å². The summed E-state index contributed by atoms with van der Waals surface area (Å²) in [6, 6.07) is 15.9. The minimum atomic E-state index is -0.375. The second kappa shape index (κ2) is 18.8. The van der Waals surface area contributed by atoms with Crippen molar-refractivity contribution in [3.8, 4) is 5.75 Å². The van der Waals surface area contributed by atoms with Gasteiger partial charge >= 0.3 is 5.97 Å². The van der Waals surface area contributed by atoms with E-state index in [2.05, 4.69) is 17.9 Å². The van der Waals surface area contributed by atoms with Crippen molar-refractivity contribution in [2.75, 3.05) is 26.9 Å². The molecule has 6 nitrogen and oxygen atoms in total. The van der Waals surface area contributed by atoms with Gasteiger partial charge in [-0.15, -0.1) is 13.2 Å². The summed E-state index contributed by atoms with van der Waals surface area (Å²) in [6.07, 6.45) is 1.06. The molecule has 0 fully saturated rings. The molecule has 0 N–H and O–H groups in total. The minimum Gasteiger partial charge on any atom is -0.494 e. The molecule has 32 heavy (non-hydrogen) atoms. The molecule has 0 spiro atoms. The molecule has 0 aliphatic carbocycles. The molecule has 0 saturated heterocycles. The Hall–Kier alpha value is -2.96. The quantitative estimate of drug-likeness (QED) is 0.145. The van der Waals surface area contributed by atoms with Crippen LogP contribution in [-0.4, -0.2) is 45.0 Å². The molecule has 176 valence electrons. The second-order valence-corrected chi connectivity index (χ2v) is 6.24. The highest BCUT2D eigenvalue weighted by Gasteiger charge is 2.06. The number of hydrogen-bond donors (Lipinski definition) is 0. The van der Waals surface area contributed by atoms with Crippen molar-refractivity contribution in [3.63, 3.8) is 0 Å². The van der Waals surface area contributed by atoms with Crippen molar-refractivity contribution in [1.29, 1.82) is 0 Å². The Morgan fingerprint density at radius 2 is 1.44 bits per heavy atom. The smallest absolute Gasteiger partial charge is 0.337 e. The number of ether oxygens (including phenoxy) is 4. The molecule has 0 aliphatic heterocycles. The molecular weight excluding hydrogens is 408 g/mol. The maximum Gasteiger partial charge on any atom is 0.337 e. The normalized spacial score (nSPS) is 9.66. The van der Waals surface area contributed by atoms with Gasteiger partial charge in [0, 0.05) is 25.2 Å². The Morgan fingerprint density at radius 1 is 0.875 bits per heavy atom. The van der Waals surface area contributed by atoms with Crippen molar-refractivity contribution in [1.82, 2.24) is 0 Å². The van der Waals surface area contributed by atoms with E-state index in [1.165, 1.54) is 7.11 Å². The van der Waals surface area contributed by atoms with Crippen LogP contribution >= 0.6 is 0 Å². The van der Waals surface area contributed by atoms with E-state index in [1.807, 2.05) is 51.1 Å². The van der Waals surface area contributed by atoms with E-state index >= 15 is 0 Å². The van der Waals surface area contributed by atoms with Gasteiger partial charge in [0.1, 0.15) is 5.75 Å². The summed E-state index contributed by atoms with van der Waals surface area (Å²) in [7, 11) is 1.34. The number of carbonyl (C=O) groups excluding carboxylic acids is 2. The first kappa shape index (κ1) is 29.0. The standard InChI is InChI=1S/C18H18O4.C6H14O2.C2H4/c1-21-18(20)15-9-11-16(12-10-15)22-13-5-8-17(19)14-6-3-2-4-7-14;1-4-7-6(3)8-5-2;1-2/h2-4,6-7,9-12H,5,8,13H2,1H3;6H,4-5H2,1-3H3;1-2H2.